The number of hydrogen-bond donors (Lipinski definition) is 6. The second-order valence-corrected chi connectivity index (χ2v) is 4.25. The van der Waals surface area contributed by atoms with Crippen molar-refractivity contribution in [1.29, 1.82) is 10.8 Å². The van der Waals surface area contributed by atoms with E-state index in [9.17, 15) is 19.2 Å². The number of nitrogens with one attached hydrogen (secondary N) is 2. The monoisotopic (exact) mass is 388 g/mol. The number of nitrogens with two attached hydrogens (primary N) is 2. The van der Waals surface area contributed by atoms with E-state index in [2.05, 4.69) is 18.4 Å². The van der Waals surface area contributed by atoms with Gasteiger partial charge in [-0.1, -0.05) is 8.67 Å². The highest BCUT2D eigenvalue weighted by Crippen LogP contribution is 2.18. The third-order valence-corrected chi connectivity index (χ3v) is 2.56. The van der Waals surface area contributed by atoms with Crippen LogP contribution in [0.4, 0.5) is 9.59 Å². The van der Waals surface area contributed by atoms with Gasteiger partial charge in [-0.3, -0.25) is 19.4 Å². The minimum atomic E-state index is -2.04. The van der Waals surface area contributed by atoms with Crippen molar-refractivity contribution in [2.75, 3.05) is 0 Å². The largest absolute Gasteiger partial charge is 0.464 e. The lowest BCUT2D eigenvalue weighted by Gasteiger charge is -2.16. The second kappa shape index (κ2) is 9.94. The molecule has 0 aromatic carbocycles. The van der Waals surface area contributed by atoms with Crippen LogP contribution < -0.4 is 11.5 Å². The third-order valence-electron chi connectivity index (χ3n) is 1.36. The van der Waals surface area contributed by atoms with Crippen molar-refractivity contribution in [2.45, 2.75) is 0 Å². The van der Waals surface area contributed by atoms with Crippen LogP contribution in [0.25, 0.3) is 0 Å². The summed E-state index contributed by atoms with van der Waals surface area (Å²) in [6, 6.07) is -1.99. The quantitative estimate of drug-likeness (QED) is 0.0595. The number of carbonyl (C=O) groups is 4. The maximum atomic E-state index is 11.7. The van der Waals surface area contributed by atoms with Gasteiger partial charge in [0.25, 0.3) is 0 Å². The van der Waals surface area contributed by atoms with Crippen LogP contribution in [0.3, 0.4) is 0 Å². The van der Waals surface area contributed by atoms with E-state index < -0.39 is 36.0 Å². The number of nitrogens with zero attached hydrogens (tertiary/aromatic N) is 2. The molecule has 0 radical (unpaired) electrons. The number of hydrogen-bond acceptors (Lipinski definition) is 12. The summed E-state index contributed by atoms with van der Waals surface area (Å²) in [5.41, 5.74) is 9.43. The zero-order valence-electron chi connectivity index (χ0n) is 11.0. The highest BCUT2D eigenvalue weighted by molar-refractivity contribution is 7.94. The fourth-order valence-corrected chi connectivity index (χ4v) is 1.39. The highest BCUT2D eigenvalue weighted by Gasteiger charge is 2.37. The Morgan fingerprint density at radius 1 is 0.792 bits per heavy atom. The molecule has 24 heavy (non-hydrogen) atoms. The summed E-state index contributed by atoms with van der Waals surface area (Å²) < 4.78 is 7.28. The average Bonchev–Trinajstić information content (AvgIpc) is 2.45. The normalized spacial score (nSPS) is 9.50. The standard InChI is InChI=1S/C6H8N6O10S2/c7-3(8)19-21-23-11(5(15)16)1(13)2(14)12(6(17)18)24-22-20-4(9)10/h(H3,7,8)(H3,9,10)(H,15,16)(H,17,18). The molecular weight excluding hydrogens is 380 g/mol. The molecule has 0 saturated heterocycles. The predicted octanol–water partition coefficient (Wildman–Crippen LogP) is -1.19. The van der Waals surface area contributed by atoms with Crippen LogP contribution in [0, 0.1) is 10.8 Å². The summed E-state index contributed by atoms with van der Waals surface area (Å²) in [6.07, 6.45) is -4.08. The van der Waals surface area contributed by atoms with Gasteiger partial charge < -0.3 is 21.7 Å². The SMILES string of the molecule is N=C(N)OOSN(C(=O)O)C(=O)C(=O)N(SOOC(=N)N)C(=O)O. The molecule has 0 spiro atoms. The van der Waals surface area contributed by atoms with Crippen molar-refractivity contribution in [3.05, 3.63) is 0 Å². The van der Waals surface area contributed by atoms with Crippen LogP contribution in [0.2, 0.25) is 0 Å². The lowest BCUT2D eigenvalue weighted by Crippen LogP contribution is -2.44. The van der Waals surface area contributed by atoms with Gasteiger partial charge in [-0.15, -0.1) is 0 Å². The number of amidine groups is 2. The van der Waals surface area contributed by atoms with Crippen molar-refractivity contribution in [2.24, 2.45) is 11.5 Å². The van der Waals surface area contributed by atoms with Crippen LogP contribution in [0.5, 0.6) is 0 Å². The Bertz CT molecular complexity index is 508. The molecule has 0 aromatic heterocycles. The van der Waals surface area contributed by atoms with Crippen LogP contribution in [0.15, 0.2) is 0 Å². The van der Waals surface area contributed by atoms with E-state index in [4.69, 9.17) is 32.5 Å². The van der Waals surface area contributed by atoms with Crippen molar-refractivity contribution < 1.29 is 47.8 Å². The number of carbonyl (C=O) groups excluding carboxylic acids is 2. The molecule has 0 unspecified atom stereocenters. The Morgan fingerprint density at radius 3 is 1.29 bits per heavy atom. The molecule has 0 saturated carbocycles. The Kier molecular flexibility index (Phi) is 8.71. The van der Waals surface area contributed by atoms with Gasteiger partial charge in [-0.05, 0) is 0 Å². The van der Waals surface area contributed by atoms with Gasteiger partial charge in [-0.2, -0.15) is 8.61 Å². The van der Waals surface area contributed by atoms with Gasteiger partial charge in [-0.25, -0.2) is 20.4 Å². The Morgan fingerprint density at radius 2 is 1.08 bits per heavy atom. The topological polar surface area (TPSA) is 252 Å². The first kappa shape index (κ1) is 21.0. The lowest BCUT2D eigenvalue weighted by molar-refractivity contribution is -0.146. The first-order valence-electron chi connectivity index (χ1n) is 4.93. The molecule has 0 aliphatic rings. The molecule has 4 amide bonds. The van der Waals surface area contributed by atoms with E-state index in [1.807, 2.05) is 0 Å². The molecule has 0 bridgehead atoms. The van der Waals surface area contributed by atoms with E-state index in [1.54, 1.807) is 0 Å². The second-order valence-electron chi connectivity index (χ2n) is 2.94. The van der Waals surface area contributed by atoms with E-state index in [0.29, 0.717) is 0 Å². The zero-order valence-corrected chi connectivity index (χ0v) is 12.7. The number of imide groups is 2. The van der Waals surface area contributed by atoms with E-state index in [0.717, 1.165) is 0 Å². The highest BCUT2D eigenvalue weighted by atomic mass is 32.2. The zero-order chi connectivity index (χ0) is 18.9. The van der Waals surface area contributed by atoms with Crippen LogP contribution in [0.1, 0.15) is 0 Å². The van der Waals surface area contributed by atoms with Gasteiger partial charge in [0.15, 0.2) is 24.5 Å². The smallest absolute Gasteiger partial charge is 0.426 e. The van der Waals surface area contributed by atoms with Gasteiger partial charge in [0.1, 0.15) is 0 Å². The predicted molar refractivity (Wildman–Crippen MR) is 73.1 cm³/mol. The molecule has 0 heterocycles. The van der Waals surface area contributed by atoms with Gasteiger partial charge in [0.05, 0.1) is 0 Å². The van der Waals surface area contributed by atoms with Crippen molar-refractivity contribution in [3.8, 4) is 0 Å². The van der Waals surface area contributed by atoms with Gasteiger partial charge in [0.2, 0.25) is 0 Å². The van der Waals surface area contributed by atoms with E-state index in [1.165, 1.54) is 0 Å². The average molecular weight is 388 g/mol. The molecule has 0 aromatic rings. The molecular formula is C6H8N6O10S2. The summed E-state index contributed by atoms with van der Waals surface area (Å²) >= 11 is -0.765. The minimum absolute atomic E-state index is 0.367. The van der Waals surface area contributed by atoms with Crippen molar-refractivity contribution in [1.82, 2.24) is 8.61 Å². The molecule has 16 nitrogen and oxygen atoms in total. The first-order chi connectivity index (χ1) is 11.1. The molecule has 0 aliphatic carbocycles. The van der Waals surface area contributed by atoms with E-state index >= 15 is 0 Å². The molecule has 0 fully saturated rings. The molecule has 8 N–H and O–H groups in total. The summed E-state index contributed by atoms with van der Waals surface area (Å²) in [5.74, 6) is -3.83. The van der Waals surface area contributed by atoms with Gasteiger partial charge >= 0.3 is 36.0 Å². The summed E-state index contributed by atoms with van der Waals surface area (Å²) in [6.45, 7) is 0. The Labute approximate surface area is 140 Å². The first-order valence-corrected chi connectivity index (χ1v) is 6.32. The van der Waals surface area contributed by atoms with Crippen LogP contribution >= 0.6 is 24.5 Å². The fraction of sp³-hybridized carbons (Fsp3) is 0. The Balaban J connectivity index is 4.97. The summed E-state index contributed by atoms with van der Waals surface area (Å²) in [4.78, 5) is 52.8. The molecule has 0 rings (SSSR count). The third kappa shape index (κ3) is 7.35. The maximum Gasteiger partial charge on any atom is 0.426 e. The van der Waals surface area contributed by atoms with Gasteiger partial charge in [0, 0.05) is 0 Å². The molecule has 134 valence electrons. The molecule has 0 aliphatic heterocycles. The number of carboxylic acid groups (broad SMARTS) is 2. The van der Waals surface area contributed by atoms with Crippen LogP contribution in [-0.4, -0.2) is 54.9 Å². The minimum Gasteiger partial charge on any atom is -0.464 e. The summed E-state index contributed by atoms with van der Waals surface area (Å²) in [5, 5.41) is 30.8. The summed E-state index contributed by atoms with van der Waals surface area (Å²) in [7, 11) is 0. The molecule has 18 heteroatoms. The van der Waals surface area contributed by atoms with Crippen molar-refractivity contribution >= 4 is 60.5 Å². The fourth-order valence-electron chi connectivity index (χ4n) is 0.644. The lowest BCUT2D eigenvalue weighted by atomic mass is 10.5. The van der Waals surface area contributed by atoms with E-state index in [-0.39, 0.29) is 33.1 Å². The Hall–Kier alpha value is -2.96. The number of amides is 4. The van der Waals surface area contributed by atoms with Crippen LogP contribution in [-0.2, 0) is 28.0 Å². The maximum absolute atomic E-state index is 11.7. The number of rotatable bonds is 6. The van der Waals surface area contributed by atoms with Crippen molar-refractivity contribution in [3.63, 3.8) is 0 Å². The molecule has 0 atom stereocenters.